The zero-order chi connectivity index (χ0) is 19.8. The highest BCUT2D eigenvalue weighted by Crippen LogP contribution is 2.27. The summed E-state index contributed by atoms with van der Waals surface area (Å²) in [5, 5.41) is 8.74. The van der Waals surface area contributed by atoms with Crippen LogP contribution in [0.4, 0.5) is 5.82 Å². The molecule has 2 aromatic carbocycles. The molecule has 0 aliphatic heterocycles. The molecular weight excluding hydrogens is 372 g/mol. The first-order valence-electron chi connectivity index (χ1n) is 8.89. The number of hydrogen-bond donors (Lipinski definition) is 1. The Kier molecular flexibility index (Phi) is 4.61. The molecule has 0 spiro atoms. The molecule has 4 rings (SSSR count). The second-order valence-electron chi connectivity index (χ2n) is 6.84. The van der Waals surface area contributed by atoms with E-state index in [1.54, 1.807) is 30.1 Å². The van der Waals surface area contributed by atoms with Crippen molar-refractivity contribution in [1.82, 2.24) is 14.8 Å². The molecule has 0 atom stereocenters. The predicted octanol–water partition coefficient (Wildman–Crippen LogP) is 5.16. The fourth-order valence-corrected chi connectivity index (χ4v) is 3.44. The number of fused-ring (bicyclic) bond motifs is 1. The number of carbonyl (C=O) groups excluding carboxylic acids is 1. The smallest absolute Gasteiger partial charge is 0.258 e. The highest BCUT2D eigenvalue weighted by Gasteiger charge is 2.16. The Balaban J connectivity index is 1.66. The number of aryl methyl sites for hydroxylation is 3. The fraction of sp³-hybridized carbons (Fsp3) is 0.136. The van der Waals surface area contributed by atoms with E-state index in [2.05, 4.69) is 33.6 Å². The third kappa shape index (κ3) is 3.37. The van der Waals surface area contributed by atoms with Gasteiger partial charge in [0.05, 0.1) is 21.8 Å². The summed E-state index contributed by atoms with van der Waals surface area (Å²) in [5.41, 5.74) is 5.24. The molecular formula is C22H19ClN4O. The van der Waals surface area contributed by atoms with Crippen molar-refractivity contribution in [3.8, 4) is 11.3 Å². The van der Waals surface area contributed by atoms with Crippen molar-refractivity contribution in [2.75, 3.05) is 5.32 Å². The van der Waals surface area contributed by atoms with Crippen molar-refractivity contribution >= 4 is 34.2 Å². The topological polar surface area (TPSA) is 59.8 Å². The predicted molar refractivity (Wildman–Crippen MR) is 113 cm³/mol. The summed E-state index contributed by atoms with van der Waals surface area (Å²) in [6.45, 7) is 4.09. The molecule has 0 saturated carbocycles. The number of nitrogens with one attached hydrogen (secondary N) is 1. The van der Waals surface area contributed by atoms with Crippen LogP contribution >= 0.6 is 11.6 Å². The summed E-state index contributed by atoms with van der Waals surface area (Å²) < 4.78 is 1.65. The fourth-order valence-electron chi connectivity index (χ4n) is 3.18. The number of halogens is 1. The van der Waals surface area contributed by atoms with Gasteiger partial charge in [-0.3, -0.25) is 14.5 Å². The minimum absolute atomic E-state index is 0.298. The lowest BCUT2D eigenvalue weighted by molar-refractivity contribution is 0.102. The summed E-state index contributed by atoms with van der Waals surface area (Å²) in [6, 6.07) is 15.3. The lowest BCUT2D eigenvalue weighted by Crippen LogP contribution is -2.15. The molecule has 0 aliphatic carbocycles. The zero-order valence-electron chi connectivity index (χ0n) is 15.8. The van der Waals surface area contributed by atoms with Crippen LogP contribution in [0.5, 0.6) is 0 Å². The third-order valence-electron chi connectivity index (χ3n) is 4.73. The van der Waals surface area contributed by atoms with Crippen molar-refractivity contribution in [3.05, 3.63) is 76.4 Å². The van der Waals surface area contributed by atoms with Crippen molar-refractivity contribution < 1.29 is 4.79 Å². The number of nitrogens with zero attached hydrogens (tertiary/aromatic N) is 3. The van der Waals surface area contributed by atoms with Gasteiger partial charge in [-0.25, -0.2) is 0 Å². The van der Waals surface area contributed by atoms with Gasteiger partial charge in [0, 0.05) is 30.3 Å². The van der Waals surface area contributed by atoms with E-state index >= 15 is 0 Å². The van der Waals surface area contributed by atoms with E-state index in [0.29, 0.717) is 16.4 Å². The van der Waals surface area contributed by atoms with Gasteiger partial charge in [0.15, 0.2) is 0 Å². The van der Waals surface area contributed by atoms with Gasteiger partial charge in [0.2, 0.25) is 0 Å². The van der Waals surface area contributed by atoms with E-state index in [1.807, 2.05) is 32.0 Å². The maximum atomic E-state index is 12.8. The van der Waals surface area contributed by atoms with Gasteiger partial charge in [0.25, 0.3) is 5.91 Å². The van der Waals surface area contributed by atoms with Gasteiger partial charge in [-0.05, 0) is 43.7 Å². The number of carbonyl (C=O) groups is 1. The maximum Gasteiger partial charge on any atom is 0.258 e. The molecule has 0 unspecified atom stereocenters. The number of rotatable bonds is 3. The van der Waals surface area contributed by atoms with Gasteiger partial charge in [-0.1, -0.05) is 35.4 Å². The van der Waals surface area contributed by atoms with E-state index in [-0.39, 0.29) is 5.91 Å². The van der Waals surface area contributed by atoms with Crippen molar-refractivity contribution in [3.63, 3.8) is 0 Å². The van der Waals surface area contributed by atoms with E-state index in [4.69, 9.17) is 11.6 Å². The monoisotopic (exact) mass is 390 g/mol. The van der Waals surface area contributed by atoms with Gasteiger partial charge in [-0.15, -0.1) is 0 Å². The SMILES string of the molecule is Cc1ccc(C)c(-c2cc(NC(=O)c3cc4ncccc4cc3Cl)n(C)n2)c1. The Bertz CT molecular complexity index is 1210. The normalized spacial score (nSPS) is 11.0. The number of pyridine rings is 1. The molecule has 1 amide bonds. The molecule has 0 saturated heterocycles. The zero-order valence-corrected chi connectivity index (χ0v) is 16.6. The van der Waals surface area contributed by atoms with Gasteiger partial charge in [-0.2, -0.15) is 5.10 Å². The van der Waals surface area contributed by atoms with Crippen LogP contribution in [0.1, 0.15) is 21.5 Å². The Morgan fingerprint density at radius 1 is 1.11 bits per heavy atom. The second-order valence-corrected chi connectivity index (χ2v) is 7.25. The average Bonchev–Trinajstić information content (AvgIpc) is 3.03. The molecule has 28 heavy (non-hydrogen) atoms. The minimum atomic E-state index is -0.298. The summed E-state index contributed by atoms with van der Waals surface area (Å²) in [7, 11) is 1.80. The van der Waals surface area contributed by atoms with Crippen molar-refractivity contribution in [1.29, 1.82) is 0 Å². The number of amides is 1. The average molecular weight is 391 g/mol. The van der Waals surface area contributed by atoms with E-state index in [1.165, 1.54) is 0 Å². The highest BCUT2D eigenvalue weighted by atomic mass is 35.5. The molecule has 1 N–H and O–H groups in total. The standard InChI is InChI=1S/C22H19ClN4O/c1-13-6-7-14(2)16(9-13)20-12-21(27(3)26-20)25-22(28)17-11-19-15(10-18(17)23)5-4-8-24-19/h4-12H,1-3H3,(H,25,28). The Morgan fingerprint density at radius 2 is 1.93 bits per heavy atom. The lowest BCUT2D eigenvalue weighted by Gasteiger charge is -2.08. The molecule has 140 valence electrons. The second kappa shape index (κ2) is 7.09. The van der Waals surface area contributed by atoms with Crippen molar-refractivity contribution in [2.24, 2.45) is 7.05 Å². The third-order valence-corrected chi connectivity index (χ3v) is 5.04. The lowest BCUT2D eigenvalue weighted by atomic mass is 10.0. The first-order valence-corrected chi connectivity index (χ1v) is 9.27. The Labute approximate surface area is 168 Å². The van der Waals surface area contributed by atoms with Crippen LogP contribution in [0.2, 0.25) is 5.02 Å². The molecule has 0 fully saturated rings. The van der Waals surface area contributed by atoms with E-state index < -0.39 is 0 Å². The summed E-state index contributed by atoms with van der Waals surface area (Å²) in [6.07, 6.45) is 1.69. The Hall–Kier alpha value is -3.18. The van der Waals surface area contributed by atoms with Crippen LogP contribution in [0, 0.1) is 13.8 Å². The van der Waals surface area contributed by atoms with Gasteiger partial charge in [0.1, 0.15) is 5.82 Å². The Morgan fingerprint density at radius 3 is 2.75 bits per heavy atom. The minimum Gasteiger partial charge on any atom is -0.307 e. The van der Waals surface area contributed by atoms with Crippen molar-refractivity contribution in [2.45, 2.75) is 13.8 Å². The number of anilines is 1. The summed E-state index contributed by atoms with van der Waals surface area (Å²) >= 11 is 6.33. The number of benzene rings is 2. The van der Waals surface area contributed by atoms with E-state index in [9.17, 15) is 4.79 Å². The molecule has 6 heteroatoms. The first kappa shape index (κ1) is 18.2. The first-order chi connectivity index (χ1) is 13.4. The van der Waals surface area contributed by atoms with Crippen LogP contribution in [0.15, 0.2) is 54.7 Å². The molecule has 4 aromatic rings. The van der Waals surface area contributed by atoms with Crippen LogP contribution in [0.25, 0.3) is 22.2 Å². The largest absolute Gasteiger partial charge is 0.307 e. The molecule has 0 bridgehead atoms. The molecule has 2 aromatic heterocycles. The molecule has 5 nitrogen and oxygen atoms in total. The molecule has 2 heterocycles. The molecule has 0 radical (unpaired) electrons. The molecule has 0 aliphatic rings. The summed E-state index contributed by atoms with van der Waals surface area (Å²) in [5.74, 6) is 0.297. The highest BCUT2D eigenvalue weighted by molar-refractivity contribution is 6.35. The van der Waals surface area contributed by atoms with Gasteiger partial charge < -0.3 is 5.32 Å². The van der Waals surface area contributed by atoms with Crippen LogP contribution in [-0.4, -0.2) is 20.7 Å². The number of hydrogen-bond acceptors (Lipinski definition) is 3. The van der Waals surface area contributed by atoms with Crippen LogP contribution in [-0.2, 0) is 7.05 Å². The maximum absolute atomic E-state index is 12.8. The van der Waals surface area contributed by atoms with E-state index in [0.717, 1.165) is 33.3 Å². The quantitative estimate of drug-likeness (QED) is 0.525. The van der Waals surface area contributed by atoms with Crippen LogP contribution < -0.4 is 5.32 Å². The summed E-state index contributed by atoms with van der Waals surface area (Å²) in [4.78, 5) is 17.1. The van der Waals surface area contributed by atoms with Crippen LogP contribution in [0.3, 0.4) is 0 Å². The number of aromatic nitrogens is 3. The van der Waals surface area contributed by atoms with Gasteiger partial charge >= 0.3 is 0 Å².